The van der Waals surface area contributed by atoms with E-state index in [0.29, 0.717) is 0 Å². The number of likely N-dealkylation sites (N-methyl/N-ethyl adjacent to an activating group) is 1. The molecule has 0 amide bonds. The molecule has 1 aromatic heterocycles. The minimum atomic E-state index is 0.804. The lowest BCUT2D eigenvalue weighted by atomic mass is 10.2. The van der Waals surface area contributed by atoms with Crippen molar-refractivity contribution in [3.05, 3.63) is 30.1 Å². The Hall–Kier alpha value is -0.930. The summed E-state index contributed by atoms with van der Waals surface area (Å²) in [6.07, 6.45) is 9.78. The Kier molecular flexibility index (Phi) is 6.31. The smallest absolute Gasteiger partial charge is 0.0416 e. The monoisotopic (exact) mass is 261 g/mol. The highest BCUT2D eigenvalue weighted by molar-refractivity contribution is 5.03. The number of rotatable bonds is 8. The summed E-state index contributed by atoms with van der Waals surface area (Å²) in [6.45, 7) is 3.44. The summed E-state index contributed by atoms with van der Waals surface area (Å²) in [5, 5.41) is 3.67. The van der Waals surface area contributed by atoms with E-state index < -0.39 is 0 Å². The van der Waals surface area contributed by atoms with Gasteiger partial charge in [0.05, 0.1) is 0 Å². The van der Waals surface area contributed by atoms with Crippen molar-refractivity contribution in [2.24, 2.45) is 0 Å². The quantitative estimate of drug-likeness (QED) is 0.729. The van der Waals surface area contributed by atoms with E-state index in [2.05, 4.69) is 34.4 Å². The first kappa shape index (κ1) is 14.5. The first-order valence-corrected chi connectivity index (χ1v) is 7.66. The molecule has 1 fully saturated rings. The molecule has 0 saturated heterocycles. The summed E-state index contributed by atoms with van der Waals surface area (Å²) in [4.78, 5) is 6.77. The van der Waals surface area contributed by atoms with Gasteiger partial charge in [-0.2, -0.15) is 0 Å². The van der Waals surface area contributed by atoms with Crippen LogP contribution in [0.3, 0.4) is 0 Å². The van der Waals surface area contributed by atoms with E-state index in [1.165, 1.54) is 50.9 Å². The molecular weight excluding hydrogens is 234 g/mol. The van der Waals surface area contributed by atoms with Crippen LogP contribution in [0, 0.1) is 0 Å². The summed E-state index contributed by atoms with van der Waals surface area (Å²) >= 11 is 0. The maximum Gasteiger partial charge on any atom is 0.0416 e. The number of nitrogens with one attached hydrogen (secondary N) is 1. The molecule has 0 aromatic carbocycles. The van der Waals surface area contributed by atoms with Crippen molar-refractivity contribution in [3.63, 3.8) is 0 Å². The third-order valence-electron chi connectivity index (χ3n) is 3.98. The van der Waals surface area contributed by atoms with E-state index in [0.717, 1.165) is 19.0 Å². The molecule has 1 heterocycles. The van der Waals surface area contributed by atoms with E-state index in [4.69, 9.17) is 0 Å². The lowest BCUT2D eigenvalue weighted by Gasteiger charge is -2.17. The zero-order valence-corrected chi connectivity index (χ0v) is 12.1. The van der Waals surface area contributed by atoms with Crippen LogP contribution >= 0.6 is 0 Å². The van der Waals surface area contributed by atoms with Gasteiger partial charge < -0.3 is 10.2 Å². The van der Waals surface area contributed by atoms with Gasteiger partial charge >= 0.3 is 0 Å². The molecule has 0 aliphatic heterocycles. The van der Waals surface area contributed by atoms with E-state index in [-0.39, 0.29) is 0 Å². The highest BCUT2D eigenvalue weighted by Crippen LogP contribution is 2.17. The van der Waals surface area contributed by atoms with Gasteiger partial charge in [0.1, 0.15) is 0 Å². The lowest BCUT2D eigenvalue weighted by molar-refractivity contribution is 0.326. The number of hydrogen-bond acceptors (Lipinski definition) is 3. The van der Waals surface area contributed by atoms with Gasteiger partial charge in [-0.05, 0) is 51.5 Å². The minimum Gasteiger partial charge on any atom is -0.314 e. The van der Waals surface area contributed by atoms with Crippen LogP contribution in [0.1, 0.15) is 37.8 Å². The van der Waals surface area contributed by atoms with Gasteiger partial charge in [0.15, 0.2) is 0 Å². The van der Waals surface area contributed by atoms with Crippen LogP contribution < -0.4 is 5.32 Å². The van der Waals surface area contributed by atoms with Crippen molar-refractivity contribution in [2.45, 2.75) is 44.6 Å². The van der Waals surface area contributed by atoms with Gasteiger partial charge in [-0.25, -0.2) is 0 Å². The highest BCUT2D eigenvalue weighted by Gasteiger charge is 2.13. The van der Waals surface area contributed by atoms with E-state index in [9.17, 15) is 0 Å². The van der Waals surface area contributed by atoms with Crippen LogP contribution in [0.5, 0.6) is 0 Å². The Morgan fingerprint density at radius 3 is 2.84 bits per heavy atom. The predicted octanol–water partition coefficient (Wildman–Crippen LogP) is 2.48. The van der Waals surface area contributed by atoms with Crippen molar-refractivity contribution in [2.75, 3.05) is 26.7 Å². The van der Waals surface area contributed by atoms with Gasteiger partial charge in [0.25, 0.3) is 0 Å². The second-order valence-corrected chi connectivity index (χ2v) is 5.66. The molecule has 0 bridgehead atoms. The van der Waals surface area contributed by atoms with Crippen molar-refractivity contribution in [1.29, 1.82) is 0 Å². The molecule has 106 valence electrons. The van der Waals surface area contributed by atoms with Crippen LogP contribution in [0.15, 0.2) is 24.4 Å². The SMILES string of the molecule is CN(CCCNC1CCCC1)CCc1ccccn1. The number of hydrogen-bond donors (Lipinski definition) is 1. The maximum atomic E-state index is 4.36. The minimum absolute atomic E-state index is 0.804. The van der Waals surface area contributed by atoms with E-state index in [1.807, 2.05) is 12.3 Å². The van der Waals surface area contributed by atoms with Gasteiger partial charge in [-0.3, -0.25) is 4.98 Å². The van der Waals surface area contributed by atoms with Gasteiger partial charge in [0, 0.05) is 30.9 Å². The molecular formula is C16H27N3. The molecule has 3 nitrogen and oxygen atoms in total. The Labute approximate surface area is 117 Å². The third-order valence-corrected chi connectivity index (χ3v) is 3.98. The second kappa shape index (κ2) is 8.28. The molecule has 1 aliphatic carbocycles. The largest absolute Gasteiger partial charge is 0.314 e. The Bertz CT molecular complexity index is 333. The lowest BCUT2D eigenvalue weighted by Crippen LogP contribution is -2.30. The second-order valence-electron chi connectivity index (χ2n) is 5.66. The fraction of sp³-hybridized carbons (Fsp3) is 0.688. The molecule has 1 N–H and O–H groups in total. The number of nitrogens with zero attached hydrogens (tertiary/aromatic N) is 2. The molecule has 1 aliphatic rings. The summed E-state index contributed by atoms with van der Waals surface area (Å²) in [5.41, 5.74) is 1.19. The van der Waals surface area contributed by atoms with Gasteiger partial charge in [-0.15, -0.1) is 0 Å². The normalized spacial score (nSPS) is 16.3. The zero-order valence-electron chi connectivity index (χ0n) is 12.1. The highest BCUT2D eigenvalue weighted by atomic mass is 15.1. The predicted molar refractivity (Wildman–Crippen MR) is 80.3 cm³/mol. The Morgan fingerprint density at radius 1 is 1.26 bits per heavy atom. The van der Waals surface area contributed by atoms with Crippen LogP contribution in [0.25, 0.3) is 0 Å². The zero-order chi connectivity index (χ0) is 13.3. The van der Waals surface area contributed by atoms with Crippen LogP contribution in [0.4, 0.5) is 0 Å². The third kappa shape index (κ3) is 5.70. The topological polar surface area (TPSA) is 28.2 Å². The molecule has 1 saturated carbocycles. The average Bonchev–Trinajstić information content (AvgIpc) is 2.96. The summed E-state index contributed by atoms with van der Waals surface area (Å²) in [6, 6.07) is 6.95. The summed E-state index contributed by atoms with van der Waals surface area (Å²) < 4.78 is 0. The van der Waals surface area contributed by atoms with Crippen LogP contribution in [0.2, 0.25) is 0 Å². The molecule has 0 radical (unpaired) electrons. The molecule has 1 aromatic rings. The average molecular weight is 261 g/mol. The van der Waals surface area contributed by atoms with Gasteiger partial charge in [0.2, 0.25) is 0 Å². The van der Waals surface area contributed by atoms with Crippen molar-refractivity contribution < 1.29 is 0 Å². The molecule has 0 unspecified atom stereocenters. The number of pyridine rings is 1. The fourth-order valence-electron chi connectivity index (χ4n) is 2.75. The summed E-state index contributed by atoms with van der Waals surface area (Å²) in [7, 11) is 2.21. The summed E-state index contributed by atoms with van der Waals surface area (Å²) in [5.74, 6) is 0. The molecule has 0 spiro atoms. The molecule has 0 atom stereocenters. The van der Waals surface area contributed by atoms with Crippen molar-refractivity contribution in [3.8, 4) is 0 Å². The first-order valence-electron chi connectivity index (χ1n) is 7.66. The van der Waals surface area contributed by atoms with Crippen molar-refractivity contribution >= 4 is 0 Å². The molecule has 19 heavy (non-hydrogen) atoms. The van der Waals surface area contributed by atoms with E-state index >= 15 is 0 Å². The number of aromatic nitrogens is 1. The molecule has 2 rings (SSSR count). The first-order chi connectivity index (χ1) is 9.34. The standard InChI is InChI=1S/C16H27N3/c1-19(14-10-16-9-4-5-11-17-16)13-6-12-18-15-7-2-3-8-15/h4-5,9,11,15,18H,2-3,6-8,10,12-14H2,1H3. The van der Waals surface area contributed by atoms with E-state index in [1.54, 1.807) is 0 Å². The fourth-order valence-corrected chi connectivity index (χ4v) is 2.75. The Balaban J connectivity index is 1.51. The Morgan fingerprint density at radius 2 is 2.11 bits per heavy atom. The molecule has 3 heteroatoms. The maximum absolute atomic E-state index is 4.36. The van der Waals surface area contributed by atoms with Crippen LogP contribution in [-0.4, -0.2) is 42.6 Å². The van der Waals surface area contributed by atoms with Crippen molar-refractivity contribution in [1.82, 2.24) is 15.2 Å². The van der Waals surface area contributed by atoms with Crippen LogP contribution in [-0.2, 0) is 6.42 Å². The van der Waals surface area contributed by atoms with Gasteiger partial charge in [-0.1, -0.05) is 18.9 Å².